The standard InChI is InChI=1S/C10H10ClF3N2OS.ClH/c11-8-5-6(15)1-2-7(8)9(17)16-3-4-18-10(12,13)14;/h1-2,5H,3-4,15H2,(H,16,17);1H. The molecule has 0 heterocycles. The van der Waals surface area contributed by atoms with Gasteiger partial charge in [0.05, 0.1) is 10.6 Å². The summed E-state index contributed by atoms with van der Waals surface area (Å²) in [5, 5.41) is 2.51. The summed E-state index contributed by atoms with van der Waals surface area (Å²) in [6, 6.07) is 4.32. The van der Waals surface area contributed by atoms with Gasteiger partial charge in [0.15, 0.2) is 0 Å². The minimum atomic E-state index is -4.29. The van der Waals surface area contributed by atoms with E-state index in [-0.39, 0.29) is 47.1 Å². The molecule has 0 aromatic heterocycles. The number of hydrogen-bond acceptors (Lipinski definition) is 3. The van der Waals surface area contributed by atoms with Gasteiger partial charge in [-0.1, -0.05) is 11.6 Å². The summed E-state index contributed by atoms with van der Waals surface area (Å²) in [6.07, 6.45) is 0. The smallest absolute Gasteiger partial charge is 0.399 e. The summed E-state index contributed by atoms with van der Waals surface area (Å²) in [6.45, 7) is -0.0935. The molecule has 0 aliphatic carbocycles. The van der Waals surface area contributed by atoms with Crippen molar-refractivity contribution >= 4 is 47.4 Å². The molecular weight excluding hydrogens is 324 g/mol. The Balaban J connectivity index is 0.00000324. The Bertz CT molecular complexity index is 443. The van der Waals surface area contributed by atoms with E-state index in [1.165, 1.54) is 18.2 Å². The molecule has 1 aromatic carbocycles. The Hall–Kier alpha value is -0.790. The summed E-state index contributed by atoms with van der Waals surface area (Å²) in [7, 11) is 0. The molecule has 3 nitrogen and oxygen atoms in total. The van der Waals surface area contributed by atoms with Crippen molar-refractivity contribution in [3.05, 3.63) is 28.8 Å². The molecule has 0 radical (unpaired) electrons. The molecule has 0 saturated carbocycles. The van der Waals surface area contributed by atoms with E-state index in [4.69, 9.17) is 17.3 Å². The van der Waals surface area contributed by atoms with Gasteiger partial charge < -0.3 is 11.1 Å². The number of carbonyl (C=O) groups excluding carboxylic acids is 1. The van der Waals surface area contributed by atoms with Gasteiger partial charge in [0.2, 0.25) is 0 Å². The van der Waals surface area contributed by atoms with Gasteiger partial charge >= 0.3 is 5.51 Å². The van der Waals surface area contributed by atoms with Crippen LogP contribution in [0.25, 0.3) is 0 Å². The second-order valence-electron chi connectivity index (χ2n) is 3.29. The first kappa shape index (κ1) is 18.2. The molecule has 19 heavy (non-hydrogen) atoms. The monoisotopic (exact) mass is 334 g/mol. The Morgan fingerprint density at radius 3 is 2.58 bits per heavy atom. The lowest BCUT2D eigenvalue weighted by Gasteiger charge is -2.08. The zero-order valence-electron chi connectivity index (χ0n) is 9.46. The third kappa shape index (κ3) is 6.79. The maximum absolute atomic E-state index is 11.8. The summed E-state index contributed by atoms with van der Waals surface area (Å²) in [5.41, 5.74) is 1.75. The minimum absolute atomic E-state index is 0. The van der Waals surface area contributed by atoms with Crippen LogP contribution in [0.4, 0.5) is 18.9 Å². The van der Waals surface area contributed by atoms with Gasteiger partial charge in [-0.3, -0.25) is 4.79 Å². The van der Waals surface area contributed by atoms with E-state index in [1.54, 1.807) is 0 Å². The van der Waals surface area contributed by atoms with Crippen molar-refractivity contribution in [1.29, 1.82) is 0 Å². The number of rotatable bonds is 4. The van der Waals surface area contributed by atoms with Crippen LogP contribution in [0.5, 0.6) is 0 Å². The summed E-state index contributed by atoms with van der Waals surface area (Å²) >= 11 is 5.59. The first-order chi connectivity index (χ1) is 8.29. The molecule has 9 heteroatoms. The Morgan fingerprint density at radius 1 is 1.42 bits per heavy atom. The summed E-state index contributed by atoms with van der Waals surface area (Å²) in [5.74, 6) is -0.773. The fraction of sp³-hybridized carbons (Fsp3) is 0.300. The third-order valence-electron chi connectivity index (χ3n) is 1.89. The van der Waals surface area contributed by atoms with Crippen molar-refractivity contribution in [3.8, 4) is 0 Å². The van der Waals surface area contributed by atoms with E-state index in [0.717, 1.165) is 0 Å². The number of amides is 1. The van der Waals surface area contributed by atoms with Crippen LogP contribution in [0, 0.1) is 0 Å². The predicted octanol–water partition coefficient (Wildman–Crippen LogP) is 3.33. The van der Waals surface area contributed by atoms with Crippen LogP contribution in [-0.2, 0) is 0 Å². The predicted molar refractivity (Wildman–Crippen MR) is 74.0 cm³/mol. The third-order valence-corrected chi connectivity index (χ3v) is 2.94. The van der Waals surface area contributed by atoms with E-state index >= 15 is 0 Å². The van der Waals surface area contributed by atoms with Crippen molar-refractivity contribution in [2.24, 2.45) is 0 Å². The highest BCUT2D eigenvalue weighted by molar-refractivity contribution is 8.00. The van der Waals surface area contributed by atoms with Crippen molar-refractivity contribution in [1.82, 2.24) is 5.32 Å². The molecule has 1 rings (SSSR count). The van der Waals surface area contributed by atoms with E-state index < -0.39 is 11.4 Å². The lowest BCUT2D eigenvalue weighted by molar-refractivity contribution is -0.0327. The molecule has 0 bridgehead atoms. The van der Waals surface area contributed by atoms with Crippen LogP contribution in [0.1, 0.15) is 10.4 Å². The van der Waals surface area contributed by atoms with Crippen LogP contribution in [0.15, 0.2) is 18.2 Å². The van der Waals surface area contributed by atoms with Gasteiger partial charge in [-0.2, -0.15) is 13.2 Å². The van der Waals surface area contributed by atoms with Crippen LogP contribution in [-0.4, -0.2) is 23.7 Å². The Labute approximate surface area is 123 Å². The zero-order valence-corrected chi connectivity index (χ0v) is 11.8. The van der Waals surface area contributed by atoms with E-state index in [2.05, 4.69) is 5.32 Å². The number of nitrogen functional groups attached to an aromatic ring is 1. The number of anilines is 1. The molecular formula is C10H11Cl2F3N2OS. The number of thioether (sulfide) groups is 1. The fourth-order valence-corrected chi connectivity index (χ4v) is 1.85. The number of hydrogen-bond donors (Lipinski definition) is 2. The van der Waals surface area contributed by atoms with Crippen LogP contribution in [0.3, 0.4) is 0 Å². The van der Waals surface area contributed by atoms with Crippen molar-refractivity contribution < 1.29 is 18.0 Å². The number of nitrogens with one attached hydrogen (secondary N) is 1. The highest BCUT2D eigenvalue weighted by Crippen LogP contribution is 2.29. The van der Waals surface area contributed by atoms with Gasteiger partial charge in [-0.25, -0.2) is 0 Å². The quantitative estimate of drug-likeness (QED) is 0.656. The molecule has 0 unspecified atom stereocenters. The second kappa shape index (κ2) is 7.72. The molecule has 108 valence electrons. The van der Waals surface area contributed by atoms with Gasteiger partial charge in [0, 0.05) is 18.0 Å². The van der Waals surface area contributed by atoms with Gasteiger partial charge in [0.25, 0.3) is 5.91 Å². The van der Waals surface area contributed by atoms with Crippen molar-refractivity contribution in [3.63, 3.8) is 0 Å². The maximum atomic E-state index is 11.8. The number of carbonyl (C=O) groups is 1. The number of nitrogens with two attached hydrogens (primary N) is 1. The van der Waals surface area contributed by atoms with E-state index in [9.17, 15) is 18.0 Å². The average molecular weight is 335 g/mol. The number of halogens is 5. The fourth-order valence-electron chi connectivity index (χ4n) is 1.14. The number of alkyl halides is 3. The minimum Gasteiger partial charge on any atom is -0.399 e. The lowest BCUT2D eigenvalue weighted by atomic mass is 10.2. The normalized spacial score (nSPS) is 10.7. The van der Waals surface area contributed by atoms with Gasteiger partial charge in [-0.05, 0) is 30.0 Å². The molecule has 0 aliphatic rings. The molecule has 0 spiro atoms. The van der Waals surface area contributed by atoms with Crippen molar-refractivity contribution in [2.75, 3.05) is 18.0 Å². The molecule has 0 fully saturated rings. The van der Waals surface area contributed by atoms with E-state index in [0.29, 0.717) is 5.69 Å². The van der Waals surface area contributed by atoms with Crippen molar-refractivity contribution in [2.45, 2.75) is 5.51 Å². The highest BCUT2D eigenvalue weighted by Gasteiger charge is 2.27. The van der Waals surface area contributed by atoms with Gasteiger partial charge in [0.1, 0.15) is 0 Å². The largest absolute Gasteiger partial charge is 0.441 e. The van der Waals surface area contributed by atoms with Crippen LogP contribution >= 0.6 is 35.8 Å². The molecule has 0 atom stereocenters. The maximum Gasteiger partial charge on any atom is 0.441 e. The van der Waals surface area contributed by atoms with Crippen LogP contribution < -0.4 is 11.1 Å². The van der Waals surface area contributed by atoms with Gasteiger partial charge in [-0.15, -0.1) is 12.4 Å². The first-order valence-electron chi connectivity index (χ1n) is 4.83. The molecule has 0 saturated heterocycles. The Kier molecular flexibility index (Phi) is 7.39. The molecule has 0 aliphatic heterocycles. The van der Waals surface area contributed by atoms with Crippen LogP contribution in [0.2, 0.25) is 5.02 Å². The van der Waals surface area contributed by atoms with E-state index in [1.807, 2.05) is 0 Å². The number of benzene rings is 1. The average Bonchev–Trinajstić information content (AvgIpc) is 2.22. The zero-order chi connectivity index (χ0) is 13.8. The summed E-state index contributed by atoms with van der Waals surface area (Å²) in [4.78, 5) is 11.6. The topological polar surface area (TPSA) is 55.1 Å². The second-order valence-corrected chi connectivity index (χ2v) is 4.86. The highest BCUT2D eigenvalue weighted by atomic mass is 35.5. The molecule has 3 N–H and O–H groups in total. The molecule has 1 amide bonds. The molecule has 1 aromatic rings. The SMILES string of the molecule is Cl.Nc1ccc(C(=O)NCCSC(F)(F)F)c(Cl)c1. The lowest BCUT2D eigenvalue weighted by Crippen LogP contribution is -2.26. The first-order valence-corrected chi connectivity index (χ1v) is 6.20. The Morgan fingerprint density at radius 2 is 2.05 bits per heavy atom. The summed E-state index contributed by atoms with van der Waals surface area (Å²) < 4.78 is 35.5.